The Balaban J connectivity index is 1.52. The molecule has 3 heteroatoms. The summed E-state index contributed by atoms with van der Waals surface area (Å²) in [5.41, 5.74) is 5.90. The average molecular weight is 427 g/mol. The highest BCUT2D eigenvalue weighted by atomic mass is 16.3. The zero-order valence-corrected chi connectivity index (χ0v) is 18.9. The van der Waals surface area contributed by atoms with Crippen LogP contribution in [0.3, 0.4) is 0 Å². The van der Waals surface area contributed by atoms with E-state index in [9.17, 15) is 4.79 Å². The van der Waals surface area contributed by atoms with Gasteiger partial charge in [0, 0.05) is 24.0 Å². The zero-order valence-electron chi connectivity index (χ0n) is 18.9. The maximum Gasteiger partial charge on any atom is 0.200 e. The maximum atomic E-state index is 13.5. The van der Waals surface area contributed by atoms with Crippen molar-refractivity contribution in [3.8, 4) is 0 Å². The number of hydrogen-bond donors (Lipinski definition) is 0. The SMILES string of the molecule is CCc1c(C(=O)c2coc(CCc3ccccc3)c2CC)coc1CCc1ccccc1. The minimum absolute atomic E-state index is 0.00289. The van der Waals surface area contributed by atoms with Gasteiger partial charge in [0.15, 0.2) is 5.78 Å². The molecule has 0 amide bonds. The molecule has 2 heterocycles. The highest BCUT2D eigenvalue weighted by molar-refractivity contribution is 6.10. The molecule has 0 N–H and O–H groups in total. The van der Waals surface area contributed by atoms with Gasteiger partial charge >= 0.3 is 0 Å². The van der Waals surface area contributed by atoms with Gasteiger partial charge in [-0.15, -0.1) is 0 Å². The van der Waals surface area contributed by atoms with Gasteiger partial charge in [-0.1, -0.05) is 74.5 Å². The Hall–Kier alpha value is -3.33. The summed E-state index contributed by atoms with van der Waals surface area (Å²) in [7, 11) is 0. The lowest BCUT2D eigenvalue weighted by molar-refractivity contribution is 0.103. The molecule has 32 heavy (non-hydrogen) atoms. The Morgan fingerprint density at radius 1 is 0.625 bits per heavy atom. The van der Waals surface area contributed by atoms with Crippen LogP contribution in [-0.4, -0.2) is 5.78 Å². The van der Waals surface area contributed by atoms with Gasteiger partial charge in [0.25, 0.3) is 0 Å². The second-order valence-corrected chi connectivity index (χ2v) is 8.11. The fourth-order valence-corrected chi connectivity index (χ4v) is 4.37. The van der Waals surface area contributed by atoms with Crippen molar-refractivity contribution in [2.24, 2.45) is 0 Å². The zero-order chi connectivity index (χ0) is 22.3. The van der Waals surface area contributed by atoms with Crippen LogP contribution in [0.4, 0.5) is 0 Å². The van der Waals surface area contributed by atoms with E-state index in [1.807, 2.05) is 36.4 Å². The molecule has 0 unspecified atom stereocenters. The summed E-state index contributed by atoms with van der Waals surface area (Å²) < 4.78 is 11.8. The second kappa shape index (κ2) is 10.3. The molecule has 0 aliphatic rings. The smallest absolute Gasteiger partial charge is 0.200 e. The van der Waals surface area contributed by atoms with E-state index in [2.05, 4.69) is 38.1 Å². The number of ketones is 1. The molecule has 0 aliphatic carbocycles. The van der Waals surface area contributed by atoms with Crippen LogP contribution in [0, 0.1) is 0 Å². The Kier molecular flexibility index (Phi) is 7.06. The van der Waals surface area contributed by atoms with Crippen LogP contribution >= 0.6 is 0 Å². The minimum atomic E-state index is 0.00289. The third-order valence-electron chi connectivity index (χ3n) is 6.12. The molecule has 3 nitrogen and oxygen atoms in total. The Morgan fingerprint density at radius 2 is 1.03 bits per heavy atom. The van der Waals surface area contributed by atoms with Gasteiger partial charge in [-0.25, -0.2) is 0 Å². The van der Waals surface area contributed by atoms with Crippen molar-refractivity contribution < 1.29 is 13.6 Å². The van der Waals surface area contributed by atoms with Gasteiger partial charge in [0.1, 0.15) is 24.0 Å². The molecular formula is C29H30O3. The van der Waals surface area contributed by atoms with Crippen molar-refractivity contribution in [3.05, 3.63) is 118 Å². The fourth-order valence-electron chi connectivity index (χ4n) is 4.37. The number of furan rings is 2. The lowest BCUT2D eigenvalue weighted by Gasteiger charge is -2.05. The van der Waals surface area contributed by atoms with Crippen molar-refractivity contribution in [3.63, 3.8) is 0 Å². The first kappa shape index (κ1) is 21.9. The molecule has 0 fully saturated rings. The van der Waals surface area contributed by atoms with Crippen molar-refractivity contribution in [2.45, 2.75) is 52.4 Å². The minimum Gasteiger partial charge on any atom is -0.468 e. The van der Waals surface area contributed by atoms with Crippen LogP contribution in [0.15, 0.2) is 82.0 Å². The number of carbonyl (C=O) groups excluding carboxylic acids is 1. The lowest BCUT2D eigenvalue weighted by atomic mass is 9.95. The highest BCUT2D eigenvalue weighted by Gasteiger charge is 2.24. The largest absolute Gasteiger partial charge is 0.468 e. The molecule has 0 saturated carbocycles. The van der Waals surface area contributed by atoms with Crippen molar-refractivity contribution in [1.29, 1.82) is 0 Å². The summed E-state index contributed by atoms with van der Waals surface area (Å²) >= 11 is 0. The fraction of sp³-hybridized carbons (Fsp3) is 0.276. The van der Waals surface area contributed by atoms with E-state index in [1.165, 1.54) is 11.1 Å². The van der Waals surface area contributed by atoms with Crippen molar-refractivity contribution >= 4 is 5.78 Å². The summed E-state index contributed by atoms with van der Waals surface area (Å²) in [6, 6.07) is 20.7. The van der Waals surface area contributed by atoms with Crippen LogP contribution < -0.4 is 0 Å². The van der Waals surface area contributed by atoms with Crippen LogP contribution in [-0.2, 0) is 38.5 Å². The molecule has 0 bridgehead atoms. The molecule has 0 spiro atoms. The van der Waals surface area contributed by atoms with E-state index in [4.69, 9.17) is 8.83 Å². The summed E-state index contributed by atoms with van der Waals surface area (Å²) in [5.74, 6) is 1.82. The van der Waals surface area contributed by atoms with Gasteiger partial charge in [-0.3, -0.25) is 4.79 Å². The predicted molar refractivity (Wildman–Crippen MR) is 127 cm³/mol. The first-order valence-corrected chi connectivity index (χ1v) is 11.5. The highest BCUT2D eigenvalue weighted by Crippen LogP contribution is 2.27. The number of carbonyl (C=O) groups is 1. The molecule has 0 aliphatic heterocycles. The Morgan fingerprint density at radius 3 is 1.41 bits per heavy atom. The van der Waals surface area contributed by atoms with Crippen LogP contribution in [0.25, 0.3) is 0 Å². The van der Waals surface area contributed by atoms with E-state index in [0.29, 0.717) is 11.1 Å². The van der Waals surface area contributed by atoms with E-state index < -0.39 is 0 Å². The lowest BCUT2D eigenvalue weighted by Crippen LogP contribution is -2.06. The standard InChI is InChI=1S/C29H30O3/c1-3-23-25(19-31-27(23)17-15-21-11-7-5-8-12-21)29(30)26-20-32-28(24(26)4-2)18-16-22-13-9-6-10-14-22/h5-14,19-20H,3-4,15-18H2,1-2H3. The van der Waals surface area contributed by atoms with Gasteiger partial charge < -0.3 is 8.83 Å². The van der Waals surface area contributed by atoms with Crippen LogP contribution in [0.5, 0.6) is 0 Å². The van der Waals surface area contributed by atoms with Gasteiger partial charge in [0.05, 0.1) is 11.1 Å². The van der Waals surface area contributed by atoms with E-state index in [1.54, 1.807) is 12.5 Å². The number of hydrogen-bond acceptors (Lipinski definition) is 3. The summed E-state index contributed by atoms with van der Waals surface area (Å²) in [6.07, 6.45) is 8.16. The van der Waals surface area contributed by atoms with Crippen molar-refractivity contribution in [1.82, 2.24) is 0 Å². The van der Waals surface area contributed by atoms with Crippen LogP contribution in [0.2, 0.25) is 0 Å². The molecule has 164 valence electrons. The monoisotopic (exact) mass is 426 g/mol. The molecule has 2 aromatic carbocycles. The molecule has 2 aromatic heterocycles. The molecular weight excluding hydrogens is 396 g/mol. The molecule has 0 atom stereocenters. The first-order valence-electron chi connectivity index (χ1n) is 11.5. The van der Waals surface area contributed by atoms with Gasteiger partial charge in [-0.05, 0) is 36.8 Å². The second-order valence-electron chi connectivity index (χ2n) is 8.11. The predicted octanol–water partition coefficient (Wildman–Crippen LogP) is 6.80. The molecule has 0 radical (unpaired) electrons. The van der Waals surface area contributed by atoms with Crippen molar-refractivity contribution in [2.75, 3.05) is 0 Å². The molecule has 0 saturated heterocycles. The topological polar surface area (TPSA) is 43.4 Å². The quantitative estimate of drug-likeness (QED) is 0.262. The third kappa shape index (κ3) is 4.77. The molecule has 4 rings (SSSR count). The number of aryl methyl sites for hydroxylation is 4. The average Bonchev–Trinajstić information content (AvgIpc) is 3.45. The summed E-state index contributed by atoms with van der Waals surface area (Å²) in [5, 5.41) is 0. The summed E-state index contributed by atoms with van der Waals surface area (Å²) in [6.45, 7) is 4.16. The van der Waals surface area contributed by atoms with Gasteiger partial charge in [-0.2, -0.15) is 0 Å². The summed E-state index contributed by atoms with van der Waals surface area (Å²) in [4.78, 5) is 13.5. The van der Waals surface area contributed by atoms with E-state index >= 15 is 0 Å². The normalized spacial score (nSPS) is 11.1. The first-order chi connectivity index (χ1) is 15.7. The van der Waals surface area contributed by atoms with Gasteiger partial charge in [0.2, 0.25) is 0 Å². The third-order valence-corrected chi connectivity index (χ3v) is 6.12. The number of benzene rings is 2. The Bertz CT molecular complexity index is 1060. The Labute approximate surface area is 190 Å². The molecule has 4 aromatic rings. The van der Waals surface area contributed by atoms with Crippen LogP contribution in [0.1, 0.15) is 63.5 Å². The van der Waals surface area contributed by atoms with E-state index in [0.717, 1.165) is 61.2 Å². The van der Waals surface area contributed by atoms with E-state index in [-0.39, 0.29) is 5.78 Å². The maximum absolute atomic E-state index is 13.5. The number of rotatable bonds is 10.